The predicted octanol–water partition coefficient (Wildman–Crippen LogP) is 9.46. The minimum atomic E-state index is -4.45. The number of alkyl halides is 3. The Labute approximate surface area is 302 Å². The molecule has 0 radical (unpaired) electrons. The summed E-state index contributed by atoms with van der Waals surface area (Å²) in [6.07, 6.45) is -5.66. The number of benzene rings is 4. The van der Waals surface area contributed by atoms with Gasteiger partial charge in [-0.25, -0.2) is 14.6 Å². The Morgan fingerprint density at radius 3 is 2.13 bits per heavy atom. The van der Waals surface area contributed by atoms with Crippen molar-refractivity contribution in [2.75, 3.05) is 13.2 Å². The van der Waals surface area contributed by atoms with Crippen molar-refractivity contribution >= 4 is 12.2 Å². The van der Waals surface area contributed by atoms with Gasteiger partial charge in [-0.05, 0) is 92.4 Å². The maximum Gasteiger partial charge on any atom is 0.539 e. The Balaban J connectivity index is 1.17. The lowest BCUT2D eigenvalue weighted by molar-refractivity contribution is -0.205. The van der Waals surface area contributed by atoms with E-state index in [0.717, 1.165) is 30.0 Å². The molecule has 5 aromatic rings. The molecule has 2 heterocycles. The molecule has 4 aromatic carbocycles. The molecule has 1 aliphatic rings. The van der Waals surface area contributed by atoms with E-state index in [-0.39, 0.29) is 30.5 Å². The van der Waals surface area contributed by atoms with Gasteiger partial charge in [0, 0.05) is 12.2 Å². The summed E-state index contributed by atoms with van der Waals surface area (Å²) in [7, 11) is 0. The SMILES string of the molecule is Cc1oc(-c2ccc(C(F)(F)F)cc2)nc1COc1ccc(C(CN(OC(=O)Oc2ccccc2)C(=O)Oc2ccccc2)OC2CCCCO2)cc1. The van der Waals surface area contributed by atoms with Gasteiger partial charge in [0.15, 0.2) is 6.29 Å². The van der Waals surface area contributed by atoms with Gasteiger partial charge in [-0.3, -0.25) is 4.84 Å². The largest absolute Gasteiger partial charge is 0.539 e. The summed E-state index contributed by atoms with van der Waals surface area (Å²) in [4.78, 5) is 36.1. The van der Waals surface area contributed by atoms with Crippen molar-refractivity contribution in [2.45, 2.75) is 51.4 Å². The van der Waals surface area contributed by atoms with E-state index >= 15 is 0 Å². The quantitative estimate of drug-likeness (QED) is 0.0738. The first-order valence-corrected chi connectivity index (χ1v) is 16.7. The van der Waals surface area contributed by atoms with Gasteiger partial charge in [0.25, 0.3) is 0 Å². The van der Waals surface area contributed by atoms with Crippen molar-refractivity contribution < 1.29 is 55.7 Å². The van der Waals surface area contributed by atoms with Gasteiger partial charge in [0.05, 0.1) is 12.1 Å². The van der Waals surface area contributed by atoms with Gasteiger partial charge in [0.2, 0.25) is 5.89 Å². The van der Waals surface area contributed by atoms with E-state index in [1.165, 1.54) is 12.1 Å². The molecule has 276 valence electrons. The van der Waals surface area contributed by atoms with Crippen molar-refractivity contribution in [3.05, 3.63) is 132 Å². The highest BCUT2D eigenvalue weighted by Crippen LogP contribution is 2.32. The summed E-state index contributed by atoms with van der Waals surface area (Å²) in [6.45, 7) is 1.91. The lowest BCUT2D eigenvalue weighted by Gasteiger charge is -2.30. The Bertz CT molecular complexity index is 1930. The molecule has 11 nitrogen and oxygen atoms in total. The fraction of sp³-hybridized carbons (Fsp3) is 0.256. The summed E-state index contributed by atoms with van der Waals surface area (Å²) in [6, 6.07) is 27.9. The van der Waals surface area contributed by atoms with Crippen LogP contribution in [0.25, 0.3) is 11.5 Å². The molecule has 1 fully saturated rings. The fourth-order valence-electron chi connectivity index (χ4n) is 5.28. The van der Waals surface area contributed by atoms with Gasteiger partial charge in [-0.15, -0.1) is 5.06 Å². The maximum absolute atomic E-state index is 13.4. The van der Waals surface area contributed by atoms with Gasteiger partial charge in [0.1, 0.15) is 41.4 Å². The van der Waals surface area contributed by atoms with Crippen molar-refractivity contribution in [1.82, 2.24) is 10.0 Å². The smallest absolute Gasteiger partial charge is 0.487 e. The van der Waals surface area contributed by atoms with E-state index in [1.54, 1.807) is 91.9 Å². The molecule has 0 aliphatic carbocycles. The number of ether oxygens (including phenoxy) is 5. The standard InChI is InChI=1S/C39H35F3N2O9/c1-26-33(43-36(49-26)28-15-19-29(20-16-28)39(40,41)42)25-48-30-21-17-27(18-22-30)34(52-35-14-8-9-23-47-35)24-44(37(45)50-31-10-4-2-5-11-31)53-38(46)51-32-12-6-3-7-13-32/h2-7,10-13,15-22,34-35H,8-9,14,23-25H2,1H3. The van der Waals surface area contributed by atoms with Gasteiger partial charge < -0.3 is 28.1 Å². The first kappa shape index (κ1) is 36.9. The molecule has 53 heavy (non-hydrogen) atoms. The van der Waals surface area contributed by atoms with Gasteiger partial charge in [-0.2, -0.15) is 13.2 Å². The molecule has 1 aliphatic heterocycles. The second-order valence-electron chi connectivity index (χ2n) is 11.9. The number of amides is 1. The zero-order valence-corrected chi connectivity index (χ0v) is 28.5. The number of rotatable bonds is 11. The van der Waals surface area contributed by atoms with E-state index in [1.807, 2.05) is 0 Å². The topological polar surface area (TPSA) is 119 Å². The van der Waals surface area contributed by atoms with Crippen molar-refractivity contribution in [2.24, 2.45) is 0 Å². The van der Waals surface area contributed by atoms with Crippen LogP contribution in [0.5, 0.6) is 17.2 Å². The number of aromatic nitrogens is 1. The van der Waals surface area contributed by atoms with E-state index in [9.17, 15) is 22.8 Å². The Morgan fingerprint density at radius 1 is 0.849 bits per heavy atom. The molecule has 0 bridgehead atoms. The first-order chi connectivity index (χ1) is 25.6. The van der Waals surface area contributed by atoms with Crippen LogP contribution >= 0.6 is 0 Å². The molecule has 0 spiro atoms. The van der Waals surface area contributed by atoms with Crippen molar-refractivity contribution in [1.29, 1.82) is 0 Å². The van der Waals surface area contributed by atoms with Crippen LogP contribution in [0.15, 0.2) is 114 Å². The molecule has 2 atom stereocenters. The minimum absolute atomic E-state index is 0.0155. The number of hydroxylamine groups is 2. The molecular weight excluding hydrogens is 697 g/mol. The van der Waals surface area contributed by atoms with Crippen LogP contribution in [0.3, 0.4) is 0 Å². The highest BCUT2D eigenvalue weighted by molar-refractivity contribution is 5.72. The second kappa shape index (κ2) is 17.1. The number of hydrogen-bond acceptors (Lipinski definition) is 10. The number of aryl methyl sites for hydroxylation is 1. The number of hydrogen-bond donors (Lipinski definition) is 0. The van der Waals surface area contributed by atoms with Crippen molar-refractivity contribution in [3.8, 4) is 28.7 Å². The summed E-state index contributed by atoms with van der Waals surface area (Å²) in [5.41, 5.74) is 0.690. The Hall–Kier alpha value is -5.86. The molecule has 0 saturated carbocycles. The maximum atomic E-state index is 13.4. The van der Waals surface area contributed by atoms with Crippen LogP contribution in [0, 0.1) is 6.92 Å². The number of para-hydroxylation sites is 2. The summed E-state index contributed by atoms with van der Waals surface area (Å²) < 4.78 is 73.6. The van der Waals surface area contributed by atoms with Crippen LogP contribution in [-0.4, -0.2) is 41.7 Å². The van der Waals surface area contributed by atoms with E-state index in [0.29, 0.717) is 41.4 Å². The third kappa shape index (κ3) is 10.4. The summed E-state index contributed by atoms with van der Waals surface area (Å²) in [5, 5.41) is 0.734. The zero-order valence-electron chi connectivity index (χ0n) is 28.5. The average Bonchev–Trinajstić information content (AvgIpc) is 3.54. The lowest BCUT2D eigenvalue weighted by Crippen LogP contribution is -2.41. The van der Waals surface area contributed by atoms with E-state index < -0.39 is 36.4 Å². The predicted molar refractivity (Wildman–Crippen MR) is 183 cm³/mol. The number of halogens is 3. The van der Waals surface area contributed by atoms with E-state index in [4.69, 9.17) is 32.9 Å². The summed E-state index contributed by atoms with van der Waals surface area (Å²) in [5.74, 6) is 1.52. The first-order valence-electron chi connectivity index (χ1n) is 16.7. The monoisotopic (exact) mass is 732 g/mol. The van der Waals surface area contributed by atoms with Crippen LogP contribution in [-0.2, 0) is 27.1 Å². The number of carbonyl (C=O) groups excluding carboxylic acids is 2. The van der Waals surface area contributed by atoms with Gasteiger partial charge >= 0.3 is 18.4 Å². The zero-order chi connectivity index (χ0) is 37.2. The number of nitrogens with zero attached hydrogens (tertiary/aromatic N) is 2. The molecule has 0 N–H and O–H groups in total. The van der Waals surface area contributed by atoms with Crippen LogP contribution in [0.1, 0.15) is 47.9 Å². The minimum Gasteiger partial charge on any atom is -0.487 e. The number of oxazole rings is 1. The Morgan fingerprint density at radius 2 is 1.51 bits per heavy atom. The Kier molecular flexibility index (Phi) is 11.9. The van der Waals surface area contributed by atoms with Crippen molar-refractivity contribution in [3.63, 3.8) is 0 Å². The molecule has 6 rings (SSSR count). The molecule has 1 amide bonds. The molecule has 2 unspecified atom stereocenters. The second-order valence-corrected chi connectivity index (χ2v) is 11.9. The molecule has 14 heteroatoms. The molecule has 1 saturated heterocycles. The average molecular weight is 733 g/mol. The molecule has 1 aromatic heterocycles. The van der Waals surface area contributed by atoms with Crippen LogP contribution in [0.4, 0.5) is 22.8 Å². The highest BCUT2D eigenvalue weighted by atomic mass is 19.4. The molecular formula is C39H35F3N2O9. The normalized spacial score (nSPS) is 14.9. The highest BCUT2D eigenvalue weighted by Gasteiger charge is 2.31. The lowest BCUT2D eigenvalue weighted by atomic mass is 10.1. The third-order valence-corrected chi connectivity index (χ3v) is 8.05. The van der Waals surface area contributed by atoms with Crippen LogP contribution < -0.4 is 14.2 Å². The fourth-order valence-corrected chi connectivity index (χ4v) is 5.28. The van der Waals surface area contributed by atoms with Gasteiger partial charge in [-0.1, -0.05) is 48.5 Å². The van der Waals surface area contributed by atoms with Crippen LogP contribution in [0.2, 0.25) is 0 Å². The van der Waals surface area contributed by atoms with E-state index in [2.05, 4.69) is 4.98 Å². The number of carbonyl (C=O) groups is 2. The summed E-state index contributed by atoms with van der Waals surface area (Å²) >= 11 is 0. The third-order valence-electron chi connectivity index (χ3n) is 8.05.